The Morgan fingerprint density at radius 3 is 2.47 bits per heavy atom. The molecule has 0 saturated carbocycles. The summed E-state index contributed by atoms with van der Waals surface area (Å²) < 4.78 is 23.2. The predicted molar refractivity (Wildman–Crippen MR) is 69.7 cm³/mol. The highest BCUT2D eigenvalue weighted by Crippen LogP contribution is 2.19. The van der Waals surface area contributed by atoms with E-state index in [-0.39, 0.29) is 18.3 Å². The lowest BCUT2D eigenvalue weighted by atomic mass is 10.2. The molecule has 19 heavy (non-hydrogen) atoms. The van der Waals surface area contributed by atoms with E-state index in [2.05, 4.69) is 5.32 Å². The first-order chi connectivity index (χ1) is 8.74. The molecule has 7 nitrogen and oxygen atoms in total. The minimum absolute atomic E-state index is 0.0456. The van der Waals surface area contributed by atoms with Gasteiger partial charge in [-0.25, -0.2) is 13.2 Å². The molecule has 2 N–H and O–H groups in total. The lowest BCUT2D eigenvalue weighted by Gasteiger charge is -2.25. The number of aliphatic carboxylic acids is 1. The molecule has 1 atom stereocenters. The van der Waals surface area contributed by atoms with Crippen LogP contribution in [0.5, 0.6) is 0 Å². The molecule has 1 heterocycles. The SMILES string of the molecule is CC(C)N(CC(=O)O)C(=O)NCC1CCCS1(=O)=O. The summed E-state index contributed by atoms with van der Waals surface area (Å²) in [4.78, 5) is 23.7. The van der Waals surface area contributed by atoms with Gasteiger partial charge in [0.25, 0.3) is 0 Å². The summed E-state index contributed by atoms with van der Waals surface area (Å²) in [6, 6.07) is -0.809. The first kappa shape index (κ1) is 15.7. The fourth-order valence-electron chi connectivity index (χ4n) is 2.02. The van der Waals surface area contributed by atoms with Gasteiger partial charge in [0, 0.05) is 12.6 Å². The first-order valence-corrected chi connectivity index (χ1v) is 7.93. The number of carboxylic acids is 1. The van der Waals surface area contributed by atoms with Crippen molar-refractivity contribution in [3.8, 4) is 0 Å². The summed E-state index contributed by atoms with van der Waals surface area (Å²) in [6.07, 6.45) is 1.16. The van der Waals surface area contributed by atoms with Crippen LogP contribution in [-0.4, -0.2) is 60.6 Å². The number of nitrogens with one attached hydrogen (secondary N) is 1. The Morgan fingerprint density at radius 2 is 2.05 bits per heavy atom. The molecular formula is C11H20N2O5S. The van der Waals surface area contributed by atoms with Gasteiger partial charge in [-0.1, -0.05) is 0 Å². The topological polar surface area (TPSA) is 104 Å². The summed E-state index contributed by atoms with van der Waals surface area (Å²) in [7, 11) is -3.10. The van der Waals surface area contributed by atoms with E-state index in [1.165, 1.54) is 0 Å². The van der Waals surface area contributed by atoms with Crippen LogP contribution in [0.3, 0.4) is 0 Å². The van der Waals surface area contributed by atoms with Crippen molar-refractivity contribution in [2.45, 2.75) is 38.0 Å². The molecule has 0 aromatic rings. The molecule has 1 saturated heterocycles. The summed E-state index contributed by atoms with van der Waals surface area (Å²) in [5.74, 6) is -0.936. The Bertz CT molecular complexity index is 446. The molecule has 1 rings (SSSR count). The number of hydrogen-bond donors (Lipinski definition) is 2. The zero-order chi connectivity index (χ0) is 14.6. The highest BCUT2D eigenvalue weighted by Gasteiger charge is 2.32. The molecule has 0 aromatic carbocycles. The highest BCUT2D eigenvalue weighted by molar-refractivity contribution is 7.92. The van der Waals surface area contributed by atoms with Gasteiger partial charge in [0.2, 0.25) is 0 Å². The molecule has 0 aliphatic carbocycles. The van der Waals surface area contributed by atoms with Gasteiger partial charge in [-0.2, -0.15) is 0 Å². The molecule has 0 radical (unpaired) electrons. The van der Waals surface area contributed by atoms with E-state index >= 15 is 0 Å². The van der Waals surface area contributed by atoms with Crippen molar-refractivity contribution in [1.29, 1.82) is 0 Å². The third-order valence-corrected chi connectivity index (χ3v) is 5.41. The van der Waals surface area contributed by atoms with Gasteiger partial charge in [-0.3, -0.25) is 4.79 Å². The second kappa shape index (κ2) is 6.23. The monoisotopic (exact) mass is 292 g/mol. The summed E-state index contributed by atoms with van der Waals surface area (Å²) in [5.41, 5.74) is 0. The maximum Gasteiger partial charge on any atom is 0.323 e. The van der Waals surface area contributed by atoms with Crippen LogP contribution in [0.25, 0.3) is 0 Å². The van der Waals surface area contributed by atoms with Crippen molar-refractivity contribution < 1.29 is 23.1 Å². The van der Waals surface area contributed by atoms with E-state index in [4.69, 9.17) is 5.11 Å². The van der Waals surface area contributed by atoms with E-state index < -0.39 is 33.6 Å². The Hall–Kier alpha value is -1.31. The van der Waals surface area contributed by atoms with Crippen LogP contribution in [-0.2, 0) is 14.6 Å². The molecule has 0 spiro atoms. The fraction of sp³-hybridized carbons (Fsp3) is 0.818. The zero-order valence-corrected chi connectivity index (χ0v) is 11.9. The van der Waals surface area contributed by atoms with E-state index in [0.717, 1.165) is 4.90 Å². The maximum atomic E-state index is 11.8. The average Bonchev–Trinajstić information content (AvgIpc) is 2.61. The predicted octanol–water partition coefficient (Wildman–Crippen LogP) is 0.0682. The summed E-state index contributed by atoms with van der Waals surface area (Å²) >= 11 is 0. The van der Waals surface area contributed by atoms with Crippen LogP contribution in [0.15, 0.2) is 0 Å². The lowest BCUT2D eigenvalue weighted by molar-refractivity contribution is -0.138. The fourth-order valence-corrected chi connectivity index (χ4v) is 3.79. The Balaban J connectivity index is 2.55. The molecule has 1 fully saturated rings. The summed E-state index contributed by atoms with van der Waals surface area (Å²) in [6.45, 7) is 3.05. The number of sulfone groups is 1. The molecule has 0 aromatic heterocycles. The molecule has 1 aliphatic heterocycles. The van der Waals surface area contributed by atoms with Crippen molar-refractivity contribution in [2.75, 3.05) is 18.8 Å². The van der Waals surface area contributed by atoms with Crippen LogP contribution in [0.1, 0.15) is 26.7 Å². The van der Waals surface area contributed by atoms with Gasteiger partial charge in [0.05, 0.1) is 11.0 Å². The Kier molecular flexibility index (Phi) is 5.16. The van der Waals surface area contributed by atoms with Gasteiger partial charge < -0.3 is 15.3 Å². The number of carbonyl (C=O) groups is 2. The van der Waals surface area contributed by atoms with Crippen molar-refractivity contribution >= 4 is 21.8 Å². The molecular weight excluding hydrogens is 272 g/mol. The molecule has 8 heteroatoms. The van der Waals surface area contributed by atoms with Crippen molar-refractivity contribution in [2.24, 2.45) is 0 Å². The quantitative estimate of drug-likeness (QED) is 0.746. The van der Waals surface area contributed by atoms with Crippen molar-refractivity contribution in [3.63, 3.8) is 0 Å². The van der Waals surface area contributed by atoms with Gasteiger partial charge in [0.1, 0.15) is 6.54 Å². The molecule has 0 bridgehead atoms. The van der Waals surface area contributed by atoms with Crippen LogP contribution in [0.4, 0.5) is 4.79 Å². The number of carboxylic acid groups (broad SMARTS) is 1. The van der Waals surface area contributed by atoms with Gasteiger partial charge >= 0.3 is 12.0 Å². The van der Waals surface area contributed by atoms with Crippen LogP contribution in [0.2, 0.25) is 0 Å². The normalized spacial score (nSPS) is 21.3. The second-order valence-electron chi connectivity index (χ2n) is 4.93. The largest absolute Gasteiger partial charge is 0.480 e. The van der Waals surface area contributed by atoms with Gasteiger partial charge in [0.15, 0.2) is 9.84 Å². The molecule has 1 unspecified atom stereocenters. The van der Waals surface area contributed by atoms with Crippen LogP contribution in [0, 0.1) is 0 Å². The number of carbonyl (C=O) groups excluding carboxylic acids is 1. The molecule has 2 amide bonds. The molecule has 1 aliphatic rings. The average molecular weight is 292 g/mol. The van der Waals surface area contributed by atoms with Gasteiger partial charge in [-0.15, -0.1) is 0 Å². The summed E-state index contributed by atoms with van der Waals surface area (Å²) in [5, 5.41) is 10.7. The van der Waals surface area contributed by atoms with Crippen LogP contribution < -0.4 is 5.32 Å². The van der Waals surface area contributed by atoms with E-state index in [0.29, 0.717) is 12.8 Å². The van der Waals surface area contributed by atoms with E-state index in [1.807, 2.05) is 0 Å². The van der Waals surface area contributed by atoms with E-state index in [9.17, 15) is 18.0 Å². The number of nitrogens with zero attached hydrogens (tertiary/aromatic N) is 1. The van der Waals surface area contributed by atoms with Crippen molar-refractivity contribution in [1.82, 2.24) is 10.2 Å². The number of urea groups is 1. The lowest BCUT2D eigenvalue weighted by Crippen LogP contribution is -2.48. The Morgan fingerprint density at radius 1 is 1.42 bits per heavy atom. The first-order valence-electron chi connectivity index (χ1n) is 6.22. The molecule has 110 valence electrons. The van der Waals surface area contributed by atoms with E-state index in [1.54, 1.807) is 13.8 Å². The number of hydrogen-bond acceptors (Lipinski definition) is 4. The second-order valence-corrected chi connectivity index (χ2v) is 7.33. The van der Waals surface area contributed by atoms with Crippen LogP contribution >= 0.6 is 0 Å². The number of rotatable bonds is 5. The highest BCUT2D eigenvalue weighted by atomic mass is 32.2. The number of amides is 2. The third kappa shape index (κ3) is 4.38. The smallest absolute Gasteiger partial charge is 0.323 e. The standard InChI is InChI=1S/C11H20N2O5S/c1-8(2)13(7-10(14)15)11(16)12-6-9-4-3-5-19(9,17)18/h8-9H,3-7H2,1-2H3,(H,12,16)(H,14,15). The maximum absolute atomic E-state index is 11.8. The van der Waals surface area contributed by atoms with Crippen molar-refractivity contribution in [3.05, 3.63) is 0 Å². The third-order valence-electron chi connectivity index (χ3n) is 3.13. The minimum Gasteiger partial charge on any atom is -0.480 e. The zero-order valence-electron chi connectivity index (χ0n) is 11.1. The minimum atomic E-state index is -3.10. The van der Waals surface area contributed by atoms with Gasteiger partial charge in [-0.05, 0) is 26.7 Å². The Labute approximate surface area is 112 Å².